The van der Waals surface area contributed by atoms with E-state index in [1.165, 1.54) is 4.31 Å². The Morgan fingerprint density at radius 2 is 2.00 bits per heavy atom. The number of sulfonamides is 1. The molecule has 0 amide bonds. The Kier molecular flexibility index (Phi) is 4.17. The van der Waals surface area contributed by atoms with Gasteiger partial charge >= 0.3 is 6.18 Å². The average molecular weight is 417 g/mol. The Hall–Kier alpha value is -2.17. The Balaban J connectivity index is 1.69. The van der Waals surface area contributed by atoms with Gasteiger partial charge in [-0.3, -0.25) is 5.10 Å². The summed E-state index contributed by atoms with van der Waals surface area (Å²) in [5.41, 5.74) is 1.30. The van der Waals surface area contributed by atoms with E-state index in [1.807, 2.05) is 0 Å². The maximum Gasteiger partial charge on any atom is 0.416 e. The lowest BCUT2D eigenvalue weighted by Gasteiger charge is -2.28. The number of pyridine rings is 1. The number of rotatable bonds is 2. The molecule has 0 fully saturated rings. The Bertz CT molecular complexity index is 1140. The summed E-state index contributed by atoms with van der Waals surface area (Å²) in [5, 5.41) is 7.07. The molecule has 0 radical (unpaired) electrons. The maximum atomic E-state index is 12.9. The molecule has 0 spiro atoms. The van der Waals surface area contributed by atoms with Gasteiger partial charge in [-0.1, -0.05) is 11.6 Å². The molecule has 0 atom stereocenters. The molecule has 6 nitrogen and oxygen atoms in total. The summed E-state index contributed by atoms with van der Waals surface area (Å²) in [6.07, 6.45) is -0.951. The fourth-order valence-electron chi connectivity index (χ4n) is 3.16. The molecular formula is C16H12ClF3N4O2S. The first-order valence-electron chi connectivity index (χ1n) is 7.84. The van der Waals surface area contributed by atoms with Crippen LogP contribution in [0.1, 0.15) is 16.7 Å². The summed E-state index contributed by atoms with van der Waals surface area (Å²) in [5.74, 6) is 0. The van der Waals surface area contributed by atoms with E-state index in [-0.39, 0.29) is 18.0 Å². The smallest absolute Gasteiger partial charge is 0.261 e. The van der Waals surface area contributed by atoms with E-state index in [0.717, 1.165) is 22.6 Å². The lowest BCUT2D eigenvalue weighted by Crippen LogP contribution is -2.36. The van der Waals surface area contributed by atoms with Crippen LogP contribution in [0.15, 0.2) is 35.5 Å². The van der Waals surface area contributed by atoms with E-state index in [2.05, 4.69) is 15.2 Å². The van der Waals surface area contributed by atoms with Crippen molar-refractivity contribution in [3.05, 3.63) is 52.3 Å². The third-order valence-electron chi connectivity index (χ3n) is 4.52. The highest BCUT2D eigenvalue weighted by Gasteiger charge is 2.34. The SMILES string of the molecule is O=S(=O)(c1ccc(C(F)(F)F)cc1Cl)N1CCc2c(cnc3[nH]ncc23)C1. The Labute approximate surface area is 157 Å². The summed E-state index contributed by atoms with van der Waals surface area (Å²) in [6, 6.07) is 2.24. The van der Waals surface area contributed by atoms with Gasteiger partial charge in [0.25, 0.3) is 0 Å². The van der Waals surface area contributed by atoms with Crippen LogP contribution in [0.4, 0.5) is 13.2 Å². The molecule has 0 saturated heterocycles. The number of alkyl halides is 3. The fraction of sp³-hybridized carbons (Fsp3) is 0.250. The molecule has 3 heterocycles. The van der Waals surface area contributed by atoms with Gasteiger partial charge < -0.3 is 0 Å². The minimum Gasteiger partial charge on any atom is -0.261 e. The van der Waals surface area contributed by atoms with Crippen molar-refractivity contribution >= 4 is 32.7 Å². The number of halogens is 4. The average Bonchev–Trinajstić information content (AvgIpc) is 3.09. The quantitative estimate of drug-likeness (QED) is 0.694. The molecule has 3 aromatic rings. The third kappa shape index (κ3) is 3.07. The maximum absolute atomic E-state index is 12.9. The van der Waals surface area contributed by atoms with Crippen molar-refractivity contribution in [1.82, 2.24) is 19.5 Å². The minimum absolute atomic E-state index is 0.0587. The first-order chi connectivity index (χ1) is 12.7. The second-order valence-electron chi connectivity index (χ2n) is 6.13. The number of hydrogen-bond acceptors (Lipinski definition) is 4. The number of H-pyrrole nitrogens is 1. The monoisotopic (exact) mass is 416 g/mol. The molecule has 0 bridgehead atoms. The molecule has 27 heavy (non-hydrogen) atoms. The molecule has 4 rings (SSSR count). The number of nitrogens with zero attached hydrogens (tertiary/aromatic N) is 3. The molecule has 142 valence electrons. The van der Waals surface area contributed by atoms with Crippen molar-refractivity contribution in [3.8, 4) is 0 Å². The van der Waals surface area contributed by atoms with Crippen molar-refractivity contribution in [2.75, 3.05) is 6.54 Å². The molecule has 1 N–H and O–H groups in total. The molecule has 11 heteroatoms. The van der Waals surface area contributed by atoms with Crippen molar-refractivity contribution in [3.63, 3.8) is 0 Å². The Morgan fingerprint density at radius 3 is 2.70 bits per heavy atom. The van der Waals surface area contributed by atoms with Crippen LogP contribution in [-0.2, 0) is 29.2 Å². The number of aromatic amines is 1. The number of nitrogens with one attached hydrogen (secondary N) is 1. The van der Waals surface area contributed by atoms with Gasteiger partial charge in [0.05, 0.1) is 16.8 Å². The topological polar surface area (TPSA) is 79.0 Å². The molecular weight excluding hydrogens is 405 g/mol. The van der Waals surface area contributed by atoms with Crippen molar-refractivity contribution in [2.24, 2.45) is 0 Å². The van der Waals surface area contributed by atoms with Crippen molar-refractivity contribution < 1.29 is 21.6 Å². The minimum atomic E-state index is -4.60. The van der Waals surface area contributed by atoms with Crippen LogP contribution in [-0.4, -0.2) is 34.4 Å². The molecule has 1 aliphatic heterocycles. The standard InChI is InChI=1S/C16H12ClF3N4O2S/c17-13-5-10(16(18,19)20)1-2-14(13)27(25,26)24-4-3-11-9(8-24)6-21-15-12(11)7-22-23-15/h1-2,5-7H,3-4,8H2,(H,21,22,23). The summed E-state index contributed by atoms with van der Waals surface area (Å²) >= 11 is 5.87. The van der Waals surface area contributed by atoms with Gasteiger partial charge in [-0.2, -0.15) is 22.6 Å². The van der Waals surface area contributed by atoms with Crippen LogP contribution in [0, 0.1) is 0 Å². The normalized spacial score (nSPS) is 15.9. The lowest BCUT2D eigenvalue weighted by molar-refractivity contribution is -0.137. The predicted octanol–water partition coefficient (Wildman–Crippen LogP) is 3.38. The van der Waals surface area contributed by atoms with Gasteiger partial charge in [0.1, 0.15) is 4.90 Å². The predicted molar refractivity (Wildman–Crippen MR) is 91.6 cm³/mol. The van der Waals surface area contributed by atoms with Crippen LogP contribution >= 0.6 is 11.6 Å². The van der Waals surface area contributed by atoms with E-state index in [4.69, 9.17) is 11.6 Å². The van der Waals surface area contributed by atoms with Gasteiger partial charge in [-0.05, 0) is 35.7 Å². The van der Waals surface area contributed by atoms with Gasteiger partial charge in [0, 0.05) is 24.7 Å². The molecule has 2 aromatic heterocycles. The summed E-state index contributed by atoms with van der Waals surface area (Å²) in [6.45, 7) is 0.236. The number of benzene rings is 1. The van der Waals surface area contributed by atoms with Gasteiger partial charge in [0.15, 0.2) is 5.65 Å². The first kappa shape index (κ1) is 18.2. The van der Waals surface area contributed by atoms with E-state index >= 15 is 0 Å². The van der Waals surface area contributed by atoms with E-state index in [0.29, 0.717) is 24.2 Å². The van der Waals surface area contributed by atoms with E-state index in [1.54, 1.807) is 12.4 Å². The second kappa shape index (κ2) is 6.18. The number of hydrogen-bond donors (Lipinski definition) is 1. The molecule has 1 aliphatic rings. The summed E-state index contributed by atoms with van der Waals surface area (Å²) in [7, 11) is -4.05. The van der Waals surface area contributed by atoms with Crippen LogP contribution < -0.4 is 0 Å². The zero-order valence-corrected chi connectivity index (χ0v) is 15.2. The van der Waals surface area contributed by atoms with Crippen LogP contribution in [0.2, 0.25) is 5.02 Å². The van der Waals surface area contributed by atoms with Gasteiger partial charge in [-0.25, -0.2) is 13.4 Å². The van der Waals surface area contributed by atoms with Crippen LogP contribution in [0.3, 0.4) is 0 Å². The third-order valence-corrected chi connectivity index (χ3v) is 6.84. The highest BCUT2D eigenvalue weighted by atomic mass is 35.5. The second-order valence-corrected chi connectivity index (χ2v) is 8.44. The highest BCUT2D eigenvalue weighted by molar-refractivity contribution is 7.89. The zero-order chi connectivity index (χ0) is 19.4. The summed E-state index contributed by atoms with van der Waals surface area (Å²) < 4.78 is 65.4. The van der Waals surface area contributed by atoms with Crippen LogP contribution in [0.25, 0.3) is 11.0 Å². The largest absolute Gasteiger partial charge is 0.416 e. The van der Waals surface area contributed by atoms with Crippen molar-refractivity contribution in [1.29, 1.82) is 0 Å². The molecule has 0 aliphatic carbocycles. The highest BCUT2D eigenvalue weighted by Crippen LogP contribution is 2.35. The van der Waals surface area contributed by atoms with Gasteiger partial charge in [-0.15, -0.1) is 0 Å². The summed E-state index contributed by atoms with van der Waals surface area (Å²) in [4.78, 5) is 3.86. The zero-order valence-electron chi connectivity index (χ0n) is 13.6. The Morgan fingerprint density at radius 1 is 1.22 bits per heavy atom. The van der Waals surface area contributed by atoms with Crippen molar-refractivity contribution in [2.45, 2.75) is 24.0 Å². The fourth-order valence-corrected chi connectivity index (χ4v) is 5.10. The van der Waals surface area contributed by atoms with Crippen LogP contribution in [0.5, 0.6) is 0 Å². The molecule has 0 unspecified atom stereocenters. The van der Waals surface area contributed by atoms with Gasteiger partial charge in [0.2, 0.25) is 10.0 Å². The van der Waals surface area contributed by atoms with E-state index < -0.39 is 26.8 Å². The first-order valence-corrected chi connectivity index (χ1v) is 9.66. The number of fused-ring (bicyclic) bond motifs is 3. The molecule has 1 aromatic carbocycles. The lowest BCUT2D eigenvalue weighted by atomic mass is 10.0. The van der Waals surface area contributed by atoms with E-state index in [9.17, 15) is 21.6 Å². The number of aromatic nitrogens is 3. The molecule has 0 saturated carbocycles.